The van der Waals surface area contributed by atoms with E-state index in [1.807, 2.05) is 25.1 Å². The minimum atomic E-state index is -0.333. The summed E-state index contributed by atoms with van der Waals surface area (Å²) >= 11 is 0. The normalized spacial score (nSPS) is 27.5. The minimum Gasteiger partial charge on any atom is -0.372 e. The summed E-state index contributed by atoms with van der Waals surface area (Å²) in [5.74, 6) is -0.897. The first-order chi connectivity index (χ1) is 13.4. The van der Waals surface area contributed by atoms with Crippen LogP contribution >= 0.6 is 0 Å². The molecule has 1 saturated carbocycles. The fraction of sp³-hybridized carbons (Fsp3) is 0.500. The first-order valence-electron chi connectivity index (χ1n) is 10.1. The molecule has 4 unspecified atom stereocenters. The maximum absolute atomic E-state index is 12.7. The second kappa shape index (κ2) is 7.08. The van der Waals surface area contributed by atoms with E-state index in [0.717, 1.165) is 35.7 Å². The van der Waals surface area contributed by atoms with Crippen molar-refractivity contribution in [1.29, 1.82) is 0 Å². The number of likely N-dealkylation sites (tertiary alicyclic amines) is 1. The maximum Gasteiger partial charge on any atom is 0.244 e. The third-order valence-corrected chi connectivity index (χ3v) is 6.48. The lowest BCUT2D eigenvalue weighted by atomic mass is 9.85. The molecule has 148 valence electrons. The summed E-state index contributed by atoms with van der Waals surface area (Å²) < 4.78 is 0. The number of fused-ring (bicyclic) bond motifs is 5. The highest BCUT2D eigenvalue weighted by molar-refractivity contribution is 6.09. The highest BCUT2D eigenvalue weighted by Crippen LogP contribution is 2.52. The van der Waals surface area contributed by atoms with Crippen molar-refractivity contribution in [3.63, 3.8) is 0 Å². The molecular weight excluding hydrogens is 354 g/mol. The zero-order valence-corrected chi connectivity index (χ0v) is 16.6. The van der Waals surface area contributed by atoms with Gasteiger partial charge in [-0.15, -0.1) is 0 Å². The fourth-order valence-corrected chi connectivity index (χ4v) is 5.03. The van der Waals surface area contributed by atoms with Gasteiger partial charge in [0.15, 0.2) is 0 Å². The lowest BCUT2D eigenvalue weighted by Gasteiger charge is -2.22. The Kier molecular flexibility index (Phi) is 4.73. The van der Waals surface area contributed by atoms with Crippen molar-refractivity contribution >= 4 is 29.1 Å². The van der Waals surface area contributed by atoms with E-state index in [2.05, 4.69) is 36.2 Å². The molecule has 4 rings (SSSR count). The average Bonchev–Trinajstić information content (AvgIpc) is 3.35. The summed E-state index contributed by atoms with van der Waals surface area (Å²) in [5.41, 5.74) is 2.78. The van der Waals surface area contributed by atoms with Gasteiger partial charge in [0.1, 0.15) is 6.54 Å². The Morgan fingerprint density at radius 1 is 1.11 bits per heavy atom. The van der Waals surface area contributed by atoms with Crippen LogP contribution < -0.4 is 10.2 Å². The quantitative estimate of drug-likeness (QED) is 0.607. The zero-order valence-electron chi connectivity index (χ0n) is 16.6. The molecule has 3 aliphatic rings. The third-order valence-electron chi connectivity index (χ3n) is 6.48. The Hall–Kier alpha value is -2.63. The number of aryl methyl sites for hydroxylation is 1. The highest BCUT2D eigenvalue weighted by Gasteiger charge is 2.59. The Morgan fingerprint density at radius 2 is 1.71 bits per heavy atom. The number of hydrogen-bond donors (Lipinski definition) is 1. The topological polar surface area (TPSA) is 69.7 Å². The molecule has 28 heavy (non-hydrogen) atoms. The number of anilines is 2. The van der Waals surface area contributed by atoms with Gasteiger partial charge >= 0.3 is 0 Å². The molecule has 6 nitrogen and oxygen atoms in total. The number of nitrogens with zero attached hydrogens (tertiary/aromatic N) is 2. The molecule has 2 fully saturated rings. The number of imide groups is 1. The fourth-order valence-electron chi connectivity index (χ4n) is 5.03. The van der Waals surface area contributed by atoms with Crippen LogP contribution in [0.1, 0.15) is 25.8 Å². The highest BCUT2D eigenvalue weighted by atomic mass is 16.2. The number of benzene rings is 1. The molecule has 0 aromatic heterocycles. The number of amides is 3. The number of rotatable bonds is 6. The van der Waals surface area contributed by atoms with E-state index < -0.39 is 0 Å². The molecule has 2 aliphatic carbocycles. The van der Waals surface area contributed by atoms with Gasteiger partial charge in [-0.25, -0.2) is 0 Å². The minimum absolute atomic E-state index is 0.161. The van der Waals surface area contributed by atoms with Crippen molar-refractivity contribution in [3.8, 4) is 0 Å². The smallest absolute Gasteiger partial charge is 0.244 e. The molecular formula is C22H27N3O3. The molecule has 0 spiro atoms. The van der Waals surface area contributed by atoms with Crippen LogP contribution in [0.4, 0.5) is 11.4 Å². The first-order valence-corrected chi connectivity index (χ1v) is 10.1. The predicted octanol–water partition coefficient (Wildman–Crippen LogP) is 2.59. The van der Waals surface area contributed by atoms with E-state index in [1.165, 1.54) is 0 Å². The van der Waals surface area contributed by atoms with Crippen molar-refractivity contribution in [3.05, 3.63) is 35.9 Å². The molecule has 6 heteroatoms. The summed E-state index contributed by atoms with van der Waals surface area (Å²) in [4.78, 5) is 41.4. The lowest BCUT2D eigenvalue weighted by Crippen LogP contribution is -2.39. The Balaban J connectivity index is 1.43. The number of carbonyl (C=O) groups excluding carboxylic acids is 3. The molecule has 1 aromatic carbocycles. The van der Waals surface area contributed by atoms with Gasteiger partial charge in [0.25, 0.3) is 0 Å². The van der Waals surface area contributed by atoms with Gasteiger partial charge in [-0.2, -0.15) is 0 Å². The standard InChI is InChI=1S/C22H27N3O3/c1-4-24(5-2)16-8-9-17(13(3)10-16)23-18(26)12-25-21(27)19-14-6-7-15(11-14)20(19)22(25)28/h6-10,14-15,19-20H,4-5,11-12H2,1-3H3,(H,23,26). The van der Waals surface area contributed by atoms with Crippen molar-refractivity contribution in [2.75, 3.05) is 29.9 Å². The van der Waals surface area contributed by atoms with E-state index in [1.54, 1.807) is 0 Å². The second-order valence-corrected chi connectivity index (χ2v) is 7.98. The van der Waals surface area contributed by atoms with Crippen LogP contribution in [0.15, 0.2) is 30.4 Å². The summed E-state index contributed by atoms with van der Waals surface area (Å²) in [6.45, 7) is 7.79. The first kappa shape index (κ1) is 18.7. The van der Waals surface area contributed by atoms with Gasteiger partial charge in [-0.3, -0.25) is 19.3 Å². The number of allylic oxidation sites excluding steroid dienone is 2. The van der Waals surface area contributed by atoms with Crippen molar-refractivity contribution in [2.24, 2.45) is 23.7 Å². The lowest BCUT2D eigenvalue weighted by molar-refractivity contribution is -0.143. The Bertz CT molecular complexity index is 829. The number of nitrogens with one attached hydrogen (secondary N) is 1. The molecule has 2 bridgehead atoms. The third kappa shape index (κ3) is 2.91. The van der Waals surface area contributed by atoms with Crippen LogP contribution in [-0.2, 0) is 14.4 Å². The van der Waals surface area contributed by atoms with Gasteiger partial charge in [0, 0.05) is 24.5 Å². The van der Waals surface area contributed by atoms with Crippen LogP contribution in [0.2, 0.25) is 0 Å². The summed E-state index contributed by atoms with van der Waals surface area (Å²) in [5, 5.41) is 2.86. The van der Waals surface area contributed by atoms with Crippen molar-refractivity contribution < 1.29 is 14.4 Å². The largest absolute Gasteiger partial charge is 0.372 e. The van der Waals surface area contributed by atoms with Crippen LogP contribution in [0.3, 0.4) is 0 Å². The molecule has 1 heterocycles. The van der Waals surface area contributed by atoms with Gasteiger partial charge in [0.05, 0.1) is 11.8 Å². The van der Waals surface area contributed by atoms with Gasteiger partial charge in [-0.1, -0.05) is 12.2 Å². The van der Waals surface area contributed by atoms with Crippen LogP contribution in [0.25, 0.3) is 0 Å². The molecule has 1 saturated heterocycles. The summed E-state index contributed by atoms with van der Waals surface area (Å²) in [6, 6.07) is 5.91. The predicted molar refractivity (Wildman–Crippen MR) is 108 cm³/mol. The Morgan fingerprint density at radius 3 is 2.25 bits per heavy atom. The second-order valence-electron chi connectivity index (χ2n) is 7.98. The molecule has 0 radical (unpaired) electrons. The molecule has 3 amide bonds. The summed E-state index contributed by atoms with van der Waals surface area (Å²) in [6.07, 6.45) is 5.01. The summed E-state index contributed by atoms with van der Waals surface area (Å²) in [7, 11) is 0. The molecule has 1 aromatic rings. The van der Waals surface area contributed by atoms with Gasteiger partial charge in [-0.05, 0) is 62.8 Å². The monoisotopic (exact) mass is 381 g/mol. The van der Waals surface area contributed by atoms with Crippen LogP contribution in [0, 0.1) is 30.6 Å². The van der Waals surface area contributed by atoms with E-state index in [4.69, 9.17) is 0 Å². The van der Waals surface area contributed by atoms with Crippen LogP contribution in [0.5, 0.6) is 0 Å². The van der Waals surface area contributed by atoms with Crippen molar-refractivity contribution in [1.82, 2.24) is 4.90 Å². The zero-order chi connectivity index (χ0) is 20.0. The molecule has 4 atom stereocenters. The number of carbonyl (C=O) groups is 3. The van der Waals surface area contributed by atoms with Gasteiger partial charge in [0.2, 0.25) is 17.7 Å². The van der Waals surface area contributed by atoms with Gasteiger partial charge < -0.3 is 10.2 Å². The van der Waals surface area contributed by atoms with E-state index in [9.17, 15) is 14.4 Å². The van der Waals surface area contributed by atoms with Crippen LogP contribution in [-0.4, -0.2) is 42.3 Å². The Labute approximate surface area is 165 Å². The molecule has 1 aliphatic heterocycles. The van der Waals surface area contributed by atoms with E-state index in [0.29, 0.717) is 5.69 Å². The number of hydrogen-bond acceptors (Lipinski definition) is 4. The maximum atomic E-state index is 12.7. The van der Waals surface area contributed by atoms with E-state index >= 15 is 0 Å². The average molecular weight is 381 g/mol. The molecule has 1 N–H and O–H groups in total. The SMILES string of the molecule is CCN(CC)c1ccc(NC(=O)CN2C(=O)C3C4C=CC(C4)C3C2=O)c(C)c1. The van der Waals surface area contributed by atoms with Crippen molar-refractivity contribution in [2.45, 2.75) is 27.2 Å². The van der Waals surface area contributed by atoms with E-state index in [-0.39, 0.29) is 47.9 Å².